The number of rotatable bonds is 5. The molecule has 0 aliphatic heterocycles. The minimum Gasteiger partial charge on any atom is -0.396 e. The highest BCUT2D eigenvalue weighted by Gasteiger charge is 2.19. The summed E-state index contributed by atoms with van der Waals surface area (Å²) in [5.41, 5.74) is 5.13. The lowest BCUT2D eigenvalue weighted by Gasteiger charge is -2.25. The van der Waals surface area contributed by atoms with Crippen molar-refractivity contribution < 1.29 is 9.90 Å². The average Bonchev–Trinajstić information content (AvgIpc) is 1.81. The number of amides is 1. The second-order valence-electron chi connectivity index (χ2n) is 4.09. The third-order valence-corrected chi connectivity index (χ3v) is 1.72. The zero-order chi connectivity index (χ0) is 10.5. The van der Waals surface area contributed by atoms with Crippen molar-refractivity contribution >= 4 is 5.91 Å². The average molecular weight is 188 g/mol. The van der Waals surface area contributed by atoms with E-state index in [0.717, 1.165) is 0 Å². The molecule has 0 fully saturated rings. The van der Waals surface area contributed by atoms with E-state index >= 15 is 0 Å². The quantitative estimate of drug-likeness (QED) is 0.568. The summed E-state index contributed by atoms with van der Waals surface area (Å²) in [6.45, 7) is 5.62. The number of carbonyl (C=O) groups is 1. The van der Waals surface area contributed by atoms with Gasteiger partial charge in [0.15, 0.2) is 0 Å². The third kappa shape index (κ3) is 6.54. The Morgan fingerprint density at radius 2 is 2.15 bits per heavy atom. The van der Waals surface area contributed by atoms with Crippen LogP contribution in [0.15, 0.2) is 0 Å². The molecule has 0 spiro atoms. The van der Waals surface area contributed by atoms with Gasteiger partial charge in [-0.1, -0.05) is 0 Å². The lowest BCUT2D eigenvalue weighted by molar-refractivity contribution is -0.123. The highest BCUT2D eigenvalue weighted by atomic mass is 16.3. The van der Waals surface area contributed by atoms with Gasteiger partial charge in [0.2, 0.25) is 5.91 Å². The minimum atomic E-state index is -0.347. The van der Waals surface area contributed by atoms with Gasteiger partial charge in [-0.25, -0.2) is 0 Å². The predicted octanol–water partition coefficient (Wildman–Crippen LogP) is 0.000900. The second-order valence-corrected chi connectivity index (χ2v) is 4.09. The molecule has 0 rings (SSSR count). The first kappa shape index (κ1) is 12.4. The summed E-state index contributed by atoms with van der Waals surface area (Å²) in [7, 11) is 0. The van der Waals surface area contributed by atoms with Gasteiger partial charge in [-0.05, 0) is 27.2 Å². The maximum Gasteiger partial charge on any atom is 0.221 e. The Hall–Kier alpha value is -0.610. The van der Waals surface area contributed by atoms with Crippen molar-refractivity contribution in [3.05, 3.63) is 0 Å². The summed E-state index contributed by atoms with van der Waals surface area (Å²) in [4.78, 5) is 11.3. The Bertz CT molecular complexity index is 167. The Kier molecular flexibility index (Phi) is 4.95. The van der Waals surface area contributed by atoms with Crippen molar-refractivity contribution in [2.45, 2.75) is 45.2 Å². The zero-order valence-electron chi connectivity index (χ0n) is 8.63. The van der Waals surface area contributed by atoms with Gasteiger partial charge >= 0.3 is 0 Å². The fourth-order valence-corrected chi connectivity index (χ4v) is 1.06. The highest BCUT2D eigenvalue weighted by Crippen LogP contribution is 2.07. The van der Waals surface area contributed by atoms with Crippen LogP contribution in [-0.2, 0) is 4.79 Å². The first-order valence-electron chi connectivity index (χ1n) is 4.55. The number of carbonyl (C=O) groups excluding carboxylic acids is 1. The molecule has 0 aromatic heterocycles. The summed E-state index contributed by atoms with van der Waals surface area (Å²) >= 11 is 0. The van der Waals surface area contributed by atoms with Gasteiger partial charge < -0.3 is 16.2 Å². The normalized spacial score (nSPS) is 13.9. The van der Waals surface area contributed by atoms with Crippen LogP contribution < -0.4 is 11.1 Å². The zero-order valence-corrected chi connectivity index (χ0v) is 8.63. The van der Waals surface area contributed by atoms with E-state index in [9.17, 15) is 4.79 Å². The molecule has 0 saturated carbocycles. The number of nitrogens with two attached hydrogens (primary N) is 1. The van der Waals surface area contributed by atoms with Crippen molar-refractivity contribution in [3.63, 3.8) is 0 Å². The van der Waals surface area contributed by atoms with E-state index in [1.165, 1.54) is 0 Å². The minimum absolute atomic E-state index is 0.0616. The molecular formula is C9H20N2O2. The van der Waals surface area contributed by atoms with Crippen molar-refractivity contribution in [3.8, 4) is 0 Å². The van der Waals surface area contributed by atoms with Gasteiger partial charge in [-0.3, -0.25) is 4.79 Å². The molecule has 0 bridgehead atoms. The van der Waals surface area contributed by atoms with Crippen LogP contribution in [0.2, 0.25) is 0 Å². The van der Waals surface area contributed by atoms with Gasteiger partial charge in [-0.2, -0.15) is 0 Å². The van der Waals surface area contributed by atoms with Gasteiger partial charge in [0.25, 0.3) is 0 Å². The molecule has 4 heteroatoms. The standard InChI is InChI=1S/C9H20N2O2/c1-7(10)6-8(13)11-9(2,3)4-5-12/h7,12H,4-6,10H2,1-3H3,(H,11,13). The van der Waals surface area contributed by atoms with Crippen LogP contribution >= 0.6 is 0 Å². The molecule has 0 heterocycles. The van der Waals surface area contributed by atoms with E-state index in [1.807, 2.05) is 13.8 Å². The monoisotopic (exact) mass is 188 g/mol. The number of nitrogens with one attached hydrogen (secondary N) is 1. The SMILES string of the molecule is CC(N)CC(=O)NC(C)(C)CCO. The molecule has 0 aliphatic carbocycles. The first-order chi connectivity index (χ1) is 5.87. The molecule has 0 radical (unpaired) electrons. The maximum atomic E-state index is 11.3. The fraction of sp³-hybridized carbons (Fsp3) is 0.889. The van der Waals surface area contributed by atoms with E-state index in [0.29, 0.717) is 12.8 Å². The molecule has 1 atom stereocenters. The van der Waals surface area contributed by atoms with Crippen molar-refractivity contribution in [1.29, 1.82) is 0 Å². The van der Waals surface area contributed by atoms with Gasteiger partial charge in [0.1, 0.15) is 0 Å². The number of aliphatic hydroxyl groups is 1. The Balaban J connectivity index is 3.89. The smallest absolute Gasteiger partial charge is 0.221 e. The van der Waals surface area contributed by atoms with E-state index in [2.05, 4.69) is 5.32 Å². The van der Waals surface area contributed by atoms with Crippen molar-refractivity contribution in [2.24, 2.45) is 5.73 Å². The van der Waals surface area contributed by atoms with Crippen molar-refractivity contribution in [2.75, 3.05) is 6.61 Å². The summed E-state index contributed by atoms with van der Waals surface area (Å²) in [6, 6.07) is -0.120. The Morgan fingerprint density at radius 3 is 2.54 bits per heavy atom. The Morgan fingerprint density at radius 1 is 1.62 bits per heavy atom. The molecule has 1 amide bonds. The van der Waals surface area contributed by atoms with Crippen molar-refractivity contribution in [1.82, 2.24) is 5.32 Å². The summed E-state index contributed by atoms with van der Waals surface area (Å²) in [5, 5.41) is 11.5. The molecule has 13 heavy (non-hydrogen) atoms. The number of aliphatic hydroxyl groups excluding tert-OH is 1. The van der Waals surface area contributed by atoms with E-state index in [1.54, 1.807) is 6.92 Å². The van der Waals surface area contributed by atoms with Crippen LogP contribution in [0, 0.1) is 0 Å². The van der Waals surface area contributed by atoms with Crippen LogP contribution in [0.3, 0.4) is 0 Å². The largest absolute Gasteiger partial charge is 0.396 e. The molecule has 0 aromatic rings. The van der Waals surface area contributed by atoms with E-state index in [-0.39, 0.29) is 24.1 Å². The number of hydrogen-bond acceptors (Lipinski definition) is 3. The highest BCUT2D eigenvalue weighted by molar-refractivity contribution is 5.77. The van der Waals surface area contributed by atoms with Crippen LogP contribution in [0.25, 0.3) is 0 Å². The molecular weight excluding hydrogens is 168 g/mol. The van der Waals surface area contributed by atoms with E-state index < -0.39 is 0 Å². The van der Waals surface area contributed by atoms with E-state index in [4.69, 9.17) is 10.8 Å². The summed E-state index contributed by atoms with van der Waals surface area (Å²) in [6.07, 6.45) is 0.881. The van der Waals surface area contributed by atoms with Gasteiger partial charge in [0.05, 0.1) is 0 Å². The summed E-state index contributed by atoms with van der Waals surface area (Å²) < 4.78 is 0. The maximum absolute atomic E-state index is 11.3. The lowest BCUT2D eigenvalue weighted by atomic mass is 10.0. The van der Waals surface area contributed by atoms with Crippen LogP contribution in [0.4, 0.5) is 0 Å². The Labute approximate surface area is 79.5 Å². The fourth-order valence-electron chi connectivity index (χ4n) is 1.06. The lowest BCUT2D eigenvalue weighted by Crippen LogP contribution is -2.45. The third-order valence-electron chi connectivity index (χ3n) is 1.72. The molecule has 4 N–H and O–H groups in total. The molecule has 78 valence electrons. The first-order valence-corrected chi connectivity index (χ1v) is 4.55. The van der Waals surface area contributed by atoms with Gasteiger partial charge in [0, 0.05) is 24.6 Å². The van der Waals surface area contributed by atoms with Gasteiger partial charge in [-0.15, -0.1) is 0 Å². The van der Waals surface area contributed by atoms with Crippen LogP contribution in [-0.4, -0.2) is 29.2 Å². The predicted molar refractivity (Wildman–Crippen MR) is 52.2 cm³/mol. The molecule has 4 nitrogen and oxygen atoms in total. The van der Waals surface area contributed by atoms with Crippen LogP contribution in [0.5, 0.6) is 0 Å². The topological polar surface area (TPSA) is 75.4 Å². The number of hydrogen-bond donors (Lipinski definition) is 3. The second kappa shape index (κ2) is 5.19. The molecule has 0 saturated heterocycles. The molecule has 1 unspecified atom stereocenters. The summed E-state index contributed by atoms with van der Waals surface area (Å²) in [5.74, 6) is -0.0616. The molecule has 0 aliphatic rings. The molecule has 0 aromatic carbocycles. The van der Waals surface area contributed by atoms with Crippen LogP contribution in [0.1, 0.15) is 33.6 Å².